The number of hydrogen-bond acceptors (Lipinski definition) is 3. The molecule has 3 heterocycles. The molecule has 1 fully saturated rings. The standard InChI is InChI=1S/C21H23N3O2S/c1-2-23-11-9-15-13-17(7-8-18(15)23)22-20(25)16-5-3-10-24(14-16)21(26)19-6-4-12-27-19/h4,6-9,11-13,16H,2-3,5,10,14H2,1H3,(H,22,25)/t16-/m1/s1. The lowest BCUT2D eigenvalue weighted by atomic mass is 9.96. The second-order valence-electron chi connectivity index (χ2n) is 6.93. The molecule has 1 aliphatic rings. The summed E-state index contributed by atoms with van der Waals surface area (Å²) in [6, 6.07) is 11.8. The first-order valence-electron chi connectivity index (χ1n) is 9.38. The maximum atomic E-state index is 12.8. The number of aryl methyl sites for hydroxylation is 1. The Balaban J connectivity index is 1.44. The molecular weight excluding hydrogens is 358 g/mol. The molecule has 1 N–H and O–H groups in total. The third-order valence-corrected chi connectivity index (χ3v) is 6.05. The first-order valence-corrected chi connectivity index (χ1v) is 10.3. The molecule has 0 saturated carbocycles. The quantitative estimate of drug-likeness (QED) is 0.736. The molecule has 0 radical (unpaired) electrons. The van der Waals surface area contributed by atoms with E-state index in [0.717, 1.165) is 41.9 Å². The first-order chi connectivity index (χ1) is 13.2. The van der Waals surface area contributed by atoms with E-state index in [9.17, 15) is 9.59 Å². The van der Waals surface area contributed by atoms with Gasteiger partial charge in [0.05, 0.1) is 10.8 Å². The van der Waals surface area contributed by atoms with E-state index in [1.54, 1.807) is 0 Å². The van der Waals surface area contributed by atoms with Crippen LogP contribution in [-0.4, -0.2) is 34.4 Å². The number of likely N-dealkylation sites (tertiary alicyclic amines) is 1. The Morgan fingerprint density at radius 3 is 2.93 bits per heavy atom. The molecule has 0 aliphatic carbocycles. The maximum absolute atomic E-state index is 12.8. The third-order valence-electron chi connectivity index (χ3n) is 5.19. The molecule has 4 rings (SSSR count). The number of nitrogens with zero attached hydrogens (tertiary/aromatic N) is 2. The van der Waals surface area contributed by atoms with E-state index in [0.29, 0.717) is 6.54 Å². The lowest BCUT2D eigenvalue weighted by Crippen LogP contribution is -2.43. The molecule has 1 atom stereocenters. The van der Waals surface area contributed by atoms with Crippen molar-refractivity contribution in [2.75, 3.05) is 18.4 Å². The van der Waals surface area contributed by atoms with Crippen molar-refractivity contribution in [3.8, 4) is 0 Å². The maximum Gasteiger partial charge on any atom is 0.263 e. The average molecular weight is 382 g/mol. The molecule has 2 amide bonds. The van der Waals surface area contributed by atoms with Gasteiger partial charge >= 0.3 is 0 Å². The minimum absolute atomic E-state index is 0.00652. The predicted octanol–water partition coefficient (Wildman–Crippen LogP) is 4.21. The van der Waals surface area contributed by atoms with Gasteiger partial charge in [-0.25, -0.2) is 0 Å². The topological polar surface area (TPSA) is 54.3 Å². The van der Waals surface area contributed by atoms with Gasteiger partial charge in [-0.1, -0.05) is 6.07 Å². The van der Waals surface area contributed by atoms with Crippen molar-refractivity contribution < 1.29 is 9.59 Å². The minimum Gasteiger partial charge on any atom is -0.348 e. The first kappa shape index (κ1) is 17.8. The minimum atomic E-state index is -0.168. The number of piperidine rings is 1. The van der Waals surface area contributed by atoms with Crippen LogP contribution in [0.2, 0.25) is 0 Å². The monoisotopic (exact) mass is 381 g/mol. The molecule has 6 heteroatoms. The highest BCUT2D eigenvalue weighted by atomic mass is 32.1. The molecular formula is C21H23N3O2S. The third kappa shape index (κ3) is 3.62. The van der Waals surface area contributed by atoms with Crippen LogP contribution in [0.4, 0.5) is 5.69 Å². The Labute approximate surface area is 162 Å². The van der Waals surface area contributed by atoms with E-state index in [4.69, 9.17) is 0 Å². The summed E-state index contributed by atoms with van der Waals surface area (Å²) < 4.78 is 2.18. The fourth-order valence-electron chi connectivity index (χ4n) is 3.73. The smallest absolute Gasteiger partial charge is 0.263 e. The van der Waals surface area contributed by atoms with Gasteiger partial charge in [0.1, 0.15) is 0 Å². The number of anilines is 1. The number of aromatic nitrogens is 1. The molecule has 3 aromatic rings. The second-order valence-corrected chi connectivity index (χ2v) is 7.88. The van der Waals surface area contributed by atoms with E-state index in [1.165, 1.54) is 16.9 Å². The Kier molecular flexibility index (Phi) is 4.99. The Morgan fingerprint density at radius 1 is 1.26 bits per heavy atom. The molecule has 0 spiro atoms. The number of hydrogen-bond donors (Lipinski definition) is 1. The summed E-state index contributed by atoms with van der Waals surface area (Å²) in [5, 5.41) is 6.07. The summed E-state index contributed by atoms with van der Waals surface area (Å²) in [6.07, 6.45) is 3.73. The number of rotatable bonds is 4. The van der Waals surface area contributed by atoms with Gasteiger partial charge in [0.15, 0.2) is 0 Å². The lowest BCUT2D eigenvalue weighted by molar-refractivity contribution is -0.121. The van der Waals surface area contributed by atoms with Crippen LogP contribution >= 0.6 is 11.3 Å². The fraction of sp³-hybridized carbons (Fsp3) is 0.333. The molecule has 140 valence electrons. The van der Waals surface area contributed by atoms with E-state index in [-0.39, 0.29) is 17.7 Å². The summed E-state index contributed by atoms with van der Waals surface area (Å²) >= 11 is 1.45. The van der Waals surface area contributed by atoms with Gasteiger partial charge in [0, 0.05) is 42.4 Å². The summed E-state index contributed by atoms with van der Waals surface area (Å²) in [5.74, 6) is -0.142. The lowest BCUT2D eigenvalue weighted by Gasteiger charge is -2.31. The fourth-order valence-corrected chi connectivity index (χ4v) is 4.42. The van der Waals surface area contributed by atoms with Crippen molar-refractivity contribution in [2.45, 2.75) is 26.3 Å². The van der Waals surface area contributed by atoms with Crippen LogP contribution in [0.5, 0.6) is 0 Å². The van der Waals surface area contributed by atoms with E-state index in [2.05, 4.69) is 29.1 Å². The summed E-state index contributed by atoms with van der Waals surface area (Å²) in [4.78, 5) is 27.9. The number of thiophene rings is 1. The van der Waals surface area contributed by atoms with Crippen LogP contribution in [0, 0.1) is 5.92 Å². The molecule has 1 aliphatic heterocycles. The normalized spacial score (nSPS) is 17.2. The van der Waals surface area contributed by atoms with Gasteiger partial charge < -0.3 is 14.8 Å². The van der Waals surface area contributed by atoms with Gasteiger partial charge in [-0.05, 0) is 55.5 Å². The number of carbonyl (C=O) groups excluding carboxylic acids is 2. The summed E-state index contributed by atoms with van der Waals surface area (Å²) in [7, 11) is 0. The molecule has 1 saturated heterocycles. The zero-order chi connectivity index (χ0) is 18.8. The van der Waals surface area contributed by atoms with Crippen molar-refractivity contribution in [3.05, 3.63) is 52.9 Å². The van der Waals surface area contributed by atoms with Crippen molar-refractivity contribution >= 4 is 39.7 Å². The number of fused-ring (bicyclic) bond motifs is 1. The average Bonchev–Trinajstić information content (AvgIpc) is 3.37. The van der Waals surface area contributed by atoms with Crippen molar-refractivity contribution in [1.29, 1.82) is 0 Å². The highest BCUT2D eigenvalue weighted by Crippen LogP contribution is 2.24. The van der Waals surface area contributed by atoms with Crippen molar-refractivity contribution in [2.24, 2.45) is 5.92 Å². The van der Waals surface area contributed by atoms with Gasteiger partial charge in [0.25, 0.3) is 5.91 Å². The van der Waals surface area contributed by atoms with E-state index < -0.39 is 0 Å². The zero-order valence-corrected chi connectivity index (χ0v) is 16.2. The largest absolute Gasteiger partial charge is 0.348 e. The van der Waals surface area contributed by atoms with Gasteiger partial charge in [0.2, 0.25) is 5.91 Å². The van der Waals surface area contributed by atoms with Crippen molar-refractivity contribution in [3.63, 3.8) is 0 Å². The van der Waals surface area contributed by atoms with Gasteiger partial charge in [-0.15, -0.1) is 11.3 Å². The predicted molar refractivity (Wildman–Crippen MR) is 109 cm³/mol. The number of nitrogens with one attached hydrogen (secondary N) is 1. The molecule has 0 bridgehead atoms. The van der Waals surface area contributed by atoms with Crippen LogP contribution in [0.3, 0.4) is 0 Å². The highest BCUT2D eigenvalue weighted by Gasteiger charge is 2.29. The molecule has 0 unspecified atom stereocenters. The highest BCUT2D eigenvalue weighted by molar-refractivity contribution is 7.12. The summed E-state index contributed by atoms with van der Waals surface area (Å²) in [6.45, 7) is 4.24. The van der Waals surface area contributed by atoms with Crippen LogP contribution in [0.1, 0.15) is 29.4 Å². The Bertz CT molecular complexity index is 961. The Hall–Kier alpha value is -2.60. The number of carbonyl (C=O) groups is 2. The molecule has 27 heavy (non-hydrogen) atoms. The molecule has 5 nitrogen and oxygen atoms in total. The molecule has 2 aromatic heterocycles. The van der Waals surface area contributed by atoms with Gasteiger partial charge in [-0.2, -0.15) is 0 Å². The van der Waals surface area contributed by atoms with Crippen LogP contribution in [0.25, 0.3) is 10.9 Å². The molecule has 1 aromatic carbocycles. The number of benzene rings is 1. The Morgan fingerprint density at radius 2 is 2.15 bits per heavy atom. The van der Waals surface area contributed by atoms with Crippen LogP contribution < -0.4 is 5.32 Å². The summed E-state index contributed by atoms with van der Waals surface area (Å²) in [5.41, 5.74) is 1.98. The van der Waals surface area contributed by atoms with E-state index in [1.807, 2.05) is 40.6 Å². The van der Waals surface area contributed by atoms with Crippen LogP contribution in [-0.2, 0) is 11.3 Å². The van der Waals surface area contributed by atoms with Gasteiger partial charge in [-0.3, -0.25) is 9.59 Å². The van der Waals surface area contributed by atoms with Crippen molar-refractivity contribution in [1.82, 2.24) is 9.47 Å². The number of amides is 2. The SMILES string of the molecule is CCn1ccc2cc(NC(=O)[C@@H]3CCCN(C(=O)c4cccs4)C3)ccc21. The second kappa shape index (κ2) is 7.56. The zero-order valence-electron chi connectivity index (χ0n) is 15.4. The van der Waals surface area contributed by atoms with Crippen LogP contribution in [0.15, 0.2) is 48.0 Å². The van der Waals surface area contributed by atoms with E-state index >= 15 is 0 Å².